The number of piperidine rings is 1. The predicted octanol–water partition coefficient (Wildman–Crippen LogP) is 1.92. The topological polar surface area (TPSA) is 66.8 Å². The minimum Gasteiger partial charge on any atom is -0.504 e. The number of aliphatic hydroxyl groups is 1. The fraction of sp³-hybridized carbons (Fsp3) is 0.682. The summed E-state index contributed by atoms with van der Waals surface area (Å²) in [6, 6.07) is 3.77. The number of hydrogen-bond donors (Lipinski definition) is 2. The van der Waals surface area contributed by atoms with Crippen LogP contribution >= 0.6 is 0 Å². The Morgan fingerprint density at radius 1 is 1.33 bits per heavy atom. The molecule has 5 heteroatoms. The van der Waals surface area contributed by atoms with E-state index < -0.39 is 17.1 Å². The lowest BCUT2D eigenvalue weighted by molar-refractivity contribution is -0.954. The minimum absolute atomic E-state index is 0.0759. The zero-order valence-corrected chi connectivity index (χ0v) is 16.1. The van der Waals surface area contributed by atoms with Gasteiger partial charge in [0.15, 0.2) is 23.4 Å². The zero-order chi connectivity index (χ0) is 18.8. The smallest absolute Gasteiger partial charge is 0.174 e. The van der Waals surface area contributed by atoms with Gasteiger partial charge in [-0.25, -0.2) is 0 Å². The Labute approximate surface area is 159 Å². The molecule has 144 valence electrons. The fourth-order valence-electron chi connectivity index (χ4n) is 7.59. The summed E-state index contributed by atoms with van der Waals surface area (Å²) in [5.74, 6) is 1.51. The summed E-state index contributed by atoms with van der Waals surface area (Å²) in [6.07, 6.45) is 3.61. The molecule has 0 radical (unpaired) electrons. The number of benzene rings is 1. The molecule has 2 N–H and O–H groups in total. The largest absolute Gasteiger partial charge is 0.504 e. The van der Waals surface area contributed by atoms with Crippen LogP contribution in [0.3, 0.4) is 0 Å². The van der Waals surface area contributed by atoms with Gasteiger partial charge >= 0.3 is 0 Å². The first-order chi connectivity index (χ1) is 12.8. The van der Waals surface area contributed by atoms with Crippen LogP contribution in [0.5, 0.6) is 11.5 Å². The second-order valence-corrected chi connectivity index (χ2v) is 10.1. The number of nitrogens with zero attached hydrogens (tertiary/aromatic N) is 1. The highest BCUT2D eigenvalue weighted by atomic mass is 16.5. The van der Waals surface area contributed by atoms with Crippen molar-refractivity contribution in [1.82, 2.24) is 0 Å². The molecular weight excluding hydrogens is 342 g/mol. The van der Waals surface area contributed by atoms with Gasteiger partial charge in [0, 0.05) is 30.2 Å². The van der Waals surface area contributed by atoms with Crippen molar-refractivity contribution in [2.45, 2.75) is 62.2 Å². The summed E-state index contributed by atoms with van der Waals surface area (Å²) in [5, 5.41) is 22.8. The number of carbonyl (C=O) groups excluding carboxylic acids is 1. The molecule has 2 heterocycles. The molecule has 2 bridgehead atoms. The standard InChI is InChI=1S/C22H27NO4/c1-12-10-23(2,11-13-3-4-13)17-9-14-5-6-15(24)19-18(14)22(12)20(27-19)16(25)7-8-21(17,22)26/h5-6,12-13,17,20,26H,3-4,7-11H2,1-2H3/p+1/t12?,17-,20+,21-,22?,23?/m1/s1. The van der Waals surface area contributed by atoms with E-state index in [2.05, 4.69) is 14.0 Å². The lowest BCUT2D eigenvalue weighted by Gasteiger charge is -2.66. The van der Waals surface area contributed by atoms with Crippen molar-refractivity contribution in [2.75, 3.05) is 20.1 Å². The maximum atomic E-state index is 12.9. The highest BCUT2D eigenvalue weighted by molar-refractivity contribution is 5.90. The SMILES string of the molecule is CC1C[N+](C)(CC2CC2)[C@@H]2Cc3ccc(O)c4c3C13[C@@H](O4)C(=O)CC[C@@]23O. The number of ether oxygens (including phenoxy) is 1. The van der Waals surface area contributed by atoms with Gasteiger partial charge in [-0.3, -0.25) is 4.79 Å². The first-order valence-electron chi connectivity index (χ1n) is 10.4. The molecule has 1 aromatic rings. The van der Waals surface area contributed by atoms with Crippen molar-refractivity contribution in [3.05, 3.63) is 23.3 Å². The highest BCUT2D eigenvalue weighted by Crippen LogP contribution is 2.67. The number of carbonyl (C=O) groups is 1. The van der Waals surface area contributed by atoms with Crippen molar-refractivity contribution in [1.29, 1.82) is 0 Å². The molecule has 6 rings (SSSR count). The molecule has 3 fully saturated rings. The molecular formula is C22H28NO4+. The lowest BCUT2D eigenvalue weighted by Crippen LogP contribution is -2.83. The van der Waals surface area contributed by atoms with Crippen LogP contribution in [0.2, 0.25) is 0 Å². The first-order valence-corrected chi connectivity index (χ1v) is 10.4. The monoisotopic (exact) mass is 370 g/mol. The normalized spacial score (nSPS) is 46.8. The van der Waals surface area contributed by atoms with Gasteiger partial charge in [0.25, 0.3) is 0 Å². The lowest BCUT2D eigenvalue weighted by atomic mass is 9.45. The molecule has 5 nitrogen and oxygen atoms in total. The molecule has 3 aliphatic carbocycles. The molecule has 27 heavy (non-hydrogen) atoms. The first kappa shape index (κ1) is 16.4. The van der Waals surface area contributed by atoms with E-state index in [9.17, 15) is 15.0 Å². The van der Waals surface area contributed by atoms with Gasteiger partial charge in [-0.15, -0.1) is 0 Å². The second-order valence-electron chi connectivity index (χ2n) is 10.1. The molecule has 1 spiro atoms. The van der Waals surface area contributed by atoms with Crippen LogP contribution in [-0.4, -0.2) is 58.4 Å². The van der Waals surface area contributed by atoms with Crippen LogP contribution in [-0.2, 0) is 16.6 Å². The van der Waals surface area contributed by atoms with Crippen molar-refractivity contribution in [3.63, 3.8) is 0 Å². The molecule has 3 unspecified atom stereocenters. The van der Waals surface area contributed by atoms with Crippen LogP contribution in [0, 0.1) is 11.8 Å². The number of rotatable bonds is 2. The van der Waals surface area contributed by atoms with Crippen LogP contribution in [0.15, 0.2) is 12.1 Å². The van der Waals surface area contributed by atoms with Gasteiger partial charge in [0.2, 0.25) is 0 Å². The summed E-state index contributed by atoms with van der Waals surface area (Å²) in [4.78, 5) is 12.9. The molecule has 0 aromatic heterocycles. The molecule has 1 saturated heterocycles. The summed E-state index contributed by atoms with van der Waals surface area (Å²) >= 11 is 0. The van der Waals surface area contributed by atoms with E-state index in [1.165, 1.54) is 12.8 Å². The predicted molar refractivity (Wildman–Crippen MR) is 98.7 cm³/mol. The number of hydrogen-bond acceptors (Lipinski definition) is 4. The van der Waals surface area contributed by atoms with Gasteiger partial charge in [0.05, 0.1) is 25.6 Å². The Morgan fingerprint density at radius 2 is 2.11 bits per heavy atom. The molecule has 5 aliphatic rings. The molecule has 6 atom stereocenters. The number of likely N-dealkylation sites (tertiary alicyclic amines) is 1. The van der Waals surface area contributed by atoms with Crippen LogP contribution in [0.4, 0.5) is 0 Å². The van der Waals surface area contributed by atoms with Crippen LogP contribution in [0.25, 0.3) is 0 Å². The van der Waals surface area contributed by atoms with Gasteiger partial charge in [-0.1, -0.05) is 13.0 Å². The second kappa shape index (κ2) is 4.69. The third-order valence-electron chi connectivity index (χ3n) is 8.60. The summed E-state index contributed by atoms with van der Waals surface area (Å²) in [5.41, 5.74) is 0.417. The average molecular weight is 370 g/mol. The number of quaternary nitrogens is 1. The van der Waals surface area contributed by atoms with Crippen molar-refractivity contribution < 1.29 is 24.2 Å². The van der Waals surface area contributed by atoms with E-state index in [1.807, 2.05) is 6.07 Å². The number of ketones is 1. The van der Waals surface area contributed by atoms with Crippen molar-refractivity contribution in [3.8, 4) is 11.5 Å². The third-order valence-corrected chi connectivity index (χ3v) is 8.60. The number of phenolic OH excluding ortho intramolecular Hbond substituents is 1. The van der Waals surface area contributed by atoms with Gasteiger partial charge in [-0.05, 0) is 30.9 Å². The number of phenols is 1. The number of aromatic hydroxyl groups is 1. The van der Waals surface area contributed by atoms with Crippen molar-refractivity contribution in [2.24, 2.45) is 11.8 Å². The van der Waals surface area contributed by atoms with E-state index in [0.29, 0.717) is 18.6 Å². The maximum Gasteiger partial charge on any atom is 0.174 e. The van der Waals surface area contributed by atoms with Gasteiger partial charge < -0.3 is 19.4 Å². The summed E-state index contributed by atoms with van der Waals surface area (Å²) < 4.78 is 7.04. The zero-order valence-electron chi connectivity index (χ0n) is 16.1. The molecule has 2 aliphatic heterocycles. The van der Waals surface area contributed by atoms with E-state index in [-0.39, 0.29) is 23.5 Å². The summed E-state index contributed by atoms with van der Waals surface area (Å²) in [7, 11) is 2.32. The minimum atomic E-state index is -0.959. The van der Waals surface area contributed by atoms with E-state index >= 15 is 0 Å². The van der Waals surface area contributed by atoms with E-state index in [4.69, 9.17) is 4.74 Å². The van der Waals surface area contributed by atoms with Crippen molar-refractivity contribution >= 4 is 5.78 Å². The Kier molecular flexibility index (Phi) is 2.84. The molecule has 1 aromatic carbocycles. The number of Topliss-reactive ketones (excluding diaryl/α,β-unsaturated/α-hetero) is 1. The van der Waals surface area contributed by atoms with E-state index in [1.54, 1.807) is 6.07 Å². The fourth-order valence-corrected chi connectivity index (χ4v) is 7.59. The average Bonchev–Trinajstić information content (AvgIpc) is 3.32. The highest BCUT2D eigenvalue weighted by Gasteiger charge is 2.78. The Balaban J connectivity index is 1.64. The van der Waals surface area contributed by atoms with Crippen LogP contribution < -0.4 is 4.74 Å². The van der Waals surface area contributed by atoms with E-state index in [0.717, 1.165) is 41.0 Å². The summed E-state index contributed by atoms with van der Waals surface area (Å²) in [6.45, 7) is 4.26. The number of likely N-dealkylation sites (N-methyl/N-ethyl adjacent to an activating group) is 1. The molecule has 2 saturated carbocycles. The third kappa shape index (κ3) is 1.68. The maximum absolute atomic E-state index is 12.9. The Bertz CT molecular complexity index is 879. The van der Waals surface area contributed by atoms with Gasteiger partial charge in [0.1, 0.15) is 11.6 Å². The Hall–Kier alpha value is -1.59. The van der Waals surface area contributed by atoms with Gasteiger partial charge in [-0.2, -0.15) is 0 Å². The molecule has 0 amide bonds. The quantitative estimate of drug-likeness (QED) is 0.781. The van der Waals surface area contributed by atoms with Crippen LogP contribution in [0.1, 0.15) is 43.7 Å². The Morgan fingerprint density at radius 3 is 2.85 bits per heavy atom.